The fraction of sp³-hybridized carbons (Fsp3) is 0.214. The third-order valence-corrected chi connectivity index (χ3v) is 3.24. The van der Waals surface area contributed by atoms with E-state index in [1.165, 1.54) is 0 Å². The van der Waals surface area contributed by atoms with Crippen LogP contribution >= 0.6 is 11.6 Å². The van der Waals surface area contributed by atoms with E-state index in [1.54, 1.807) is 25.1 Å². The molecule has 6 heteroatoms. The van der Waals surface area contributed by atoms with Crippen molar-refractivity contribution in [2.45, 2.75) is 19.7 Å². The molecular formula is C14H11ClF3NO. The van der Waals surface area contributed by atoms with E-state index in [0.29, 0.717) is 5.56 Å². The molecule has 0 atom stereocenters. The molecule has 1 aromatic heterocycles. The van der Waals surface area contributed by atoms with E-state index < -0.39 is 11.7 Å². The standard InChI is InChI=1S/C14H11ClF3NO/c1-8-4-9(2-3-10(8)7-20)13-12(15)5-11(6-19-13)14(16,17)18/h2-6,20H,7H2,1H3. The highest BCUT2D eigenvalue weighted by Crippen LogP contribution is 2.34. The van der Waals surface area contributed by atoms with Crippen LogP contribution in [0.2, 0.25) is 5.02 Å². The zero-order valence-electron chi connectivity index (χ0n) is 10.5. The molecule has 1 heterocycles. The Morgan fingerprint density at radius 3 is 2.45 bits per heavy atom. The summed E-state index contributed by atoms with van der Waals surface area (Å²) in [6.07, 6.45) is -3.71. The van der Waals surface area contributed by atoms with Crippen LogP contribution in [-0.2, 0) is 12.8 Å². The second-order valence-electron chi connectivity index (χ2n) is 4.35. The molecule has 0 aliphatic rings. The topological polar surface area (TPSA) is 33.1 Å². The fourth-order valence-corrected chi connectivity index (χ4v) is 2.10. The summed E-state index contributed by atoms with van der Waals surface area (Å²) >= 11 is 5.88. The van der Waals surface area contributed by atoms with Crippen molar-refractivity contribution in [1.82, 2.24) is 4.98 Å². The minimum atomic E-state index is -4.47. The molecule has 1 aromatic carbocycles. The van der Waals surface area contributed by atoms with Crippen LogP contribution in [0.5, 0.6) is 0 Å². The van der Waals surface area contributed by atoms with Gasteiger partial charge >= 0.3 is 6.18 Å². The van der Waals surface area contributed by atoms with Crippen LogP contribution in [0, 0.1) is 6.92 Å². The monoisotopic (exact) mass is 301 g/mol. The number of alkyl halides is 3. The van der Waals surface area contributed by atoms with E-state index in [9.17, 15) is 13.2 Å². The Hall–Kier alpha value is -1.59. The first kappa shape index (κ1) is 14.8. The summed E-state index contributed by atoms with van der Waals surface area (Å²) in [7, 11) is 0. The second kappa shape index (κ2) is 5.42. The van der Waals surface area contributed by atoms with Crippen LogP contribution in [0.25, 0.3) is 11.3 Å². The number of pyridine rings is 1. The largest absolute Gasteiger partial charge is 0.417 e. The molecule has 2 nitrogen and oxygen atoms in total. The van der Waals surface area contributed by atoms with E-state index in [1.807, 2.05) is 0 Å². The smallest absolute Gasteiger partial charge is 0.392 e. The molecule has 106 valence electrons. The number of hydrogen-bond acceptors (Lipinski definition) is 2. The molecule has 0 saturated heterocycles. The van der Waals surface area contributed by atoms with Crippen LogP contribution in [0.4, 0.5) is 13.2 Å². The zero-order valence-corrected chi connectivity index (χ0v) is 11.3. The minimum Gasteiger partial charge on any atom is -0.392 e. The van der Waals surface area contributed by atoms with Crippen molar-refractivity contribution < 1.29 is 18.3 Å². The number of hydrogen-bond donors (Lipinski definition) is 1. The number of aliphatic hydroxyl groups is 1. The van der Waals surface area contributed by atoms with Gasteiger partial charge in [-0.05, 0) is 30.2 Å². The number of benzene rings is 1. The Morgan fingerprint density at radius 2 is 1.95 bits per heavy atom. The predicted octanol–water partition coefficient (Wildman–Crippen LogP) is 4.22. The van der Waals surface area contributed by atoms with Gasteiger partial charge in [0.2, 0.25) is 0 Å². The van der Waals surface area contributed by atoms with Gasteiger partial charge in [0.15, 0.2) is 0 Å². The van der Waals surface area contributed by atoms with Crippen molar-refractivity contribution in [2.24, 2.45) is 0 Å². The van der Waals surface area contributed by atoms with Gasteiger partial charge < -0.3 is 5.11 Å². The molecule has 20 heavy (non-hydrogen) atoms. The first-order valence-electron chi connectivity index (χ1n) is 5.76. The molecule has 1 N–H and O–H groups in total. The summed E-state index contributed by atoms with van der Waals surface area (Å²) in [6, 6.07) is 5.95. The fourth-order valence-electron chi connectivity index (χ4n) is 1.83. The van der Waals surface area contributed by atoms with Gasteiger partial charge in [-0.2, -0.15) is 13.2 Å². The number of aliphatic hydroxyl groups excluding tert-OH is 1. The Balaban J connectivity index is 2.46. The number of halogens is 4. The summed E-state index contributed by atoms with van der Waals surface area (Å²) in [5.74, 6) is 0. The van der Waals surface area contributed by atoms with Crippen LogP contribution in [0.3, 0.4) is 0 Å². The van der Waals surface area contributed by atoms with Crippen LogP contribution in [-0.4, -0.2) is 10.1 Å². The summed E-state index contributed by atoms with van der Waals surface area (Å²) in [6.45, 7) is 1.70. The second-order valence-corrected chi connectivity index (χ2v) is 4.76. The summed E-state index contributed by atoms with van der Waals surface area (Å²) in [5.41, 5.74) is 1.58. The van der Waals surface area contributed by atoms with Crippen molar-refractivity contribution in [1.29, 1.82) is 0 Å². The third-order valence-electron chi connectivity index (χ3n) is 2.95. The zero-order chi connectivity index (χ0) is 14.9. The molecule has 0 radical (unpaired) electrons. The van der Waals surface area contributed by atoms with Crippen LogP contribution < -0.4 is 0 Å². The molecule has 0 spiro atoms. The van der Waals surface area contributed by atoms with Gasteiger partial charge in [-0.25, -0.2) is 0 Å². The highest BCUT2D eigenvalue weighted by atomic mass is 35.5. The third kappa shape index (κ3) is 2.94. The van der Waals surface area contributed by atoms with Gasteiger partial charge in [0, 0.05) is 11.8 Å². The molecule has 2 aromatic rings. The Morgan fingerprint density at radius 1 is 1.25 bits per heavy atom. The maximum absolute atomic E-state index is 12.5. The molecule has 0 unspecified atom stereocenters. The van der Waals surface area contributed by atoms with Crippen molar-refractivity contribution in [3.63, 3.8) is 0 Å². The van der Waals surface area contributed by atoms with E-state index in [4.69, 9.17) is 16.7 Å². The Labute approximate surface area is 118 Å². The summed E-state index contributed by atoms with van der Waals surface area (Å²) < 4.78 is 37.6. The number of aryl methyl sites for hydroxylation is 1. The molecule has 0 aliphatic carbocycles. The van der Waals surface area contributed by atoms with Crippen LogP contribution in [0.15, 0.2) is 30.5 Å². The number of rotatable bonds is 2. The number of nitrogens with zero attached hydrogens (tertiary/aromatic N) is 1. The van der Waals surface area contributed by atoms with Gasteiger partial charge in [-0.15, -0.1) is 0 Å². The van der Waals surface area contributed by atoms with Gasteiger partial charge in [-0.1, -0.05) is 23.7 Å². The summed E-state index contributed by atoms with van der Waals surface area (Å²) in [4.78, 5) is 3.80. The van der Waals surface area contributed by atoms with Crippen molar-refractivity contribution >= 4 is 11.6 Å². The van der Waals surface area contributed by atoms with E-state index in [2.05, 4.69) is 4.98 Å². The van der Waals surface area contributed by atoms with Gasteiger partial charge in [0.1, 0.15) is 0 Å². The highest BCUT2D eigenvalue weighted by Gasteiger charge is 2.31. The van der Waals surface area contributed by atoms with Crippen LogP contribution in [0.1, 0.15) is 16.7 Å². The van der Waals surface area contributed by atoms with Gasteiger partial charge in [0.05, 0.1) is 22.9 Å². The average Bonchev–Trinajstić information content (AvgIpc) is 2.37. The van der Waals surface area contributed by atoms with Crippen molar-refractivity contribution in [2.75, 3.05) is 0 Å². The SMILES string of the molecule is Cc1cc(-c2ncc(C(F)(F)F)cc2Cl)ccc1CO. The minimum absolute atomic E-state index is 0.0593. The van der Waals surface area contributed by atoms with Crippen molar-refractivity contribution in [3.05, 3.63) is 52.2 Å². The average molecular weight is 302 g/mol. The first-order chi connectivity index (χ1) is 9.32. The maximum Gasteiger partial charge on any atom is 0.417 e. The summed E-state index contributed by atoms with van der Waals surface area (Å²) in [5, 5.41) is 9.03. The van der Waals surface area contributed by atoms with Gasteiger partial charge in [-0.3, -0.25) is 4.98 Å². The highest BCUT2D eigenvalue weighted by molar-refractivity contribution is 6.33. The Bertz CT molecular complexity index is 641. The molecular weight excluding hydrogens is 291 g/mol. The lowest BCUT2D eigenvalue weighted by molar-refractivity contribution is -0.137. The molecule has 0 bridgehead atoms. The first-order valence-corrected chi connectivity index (χ1v) is 6.14. The lowest BCUT2D eigenvalue weighted by Gasteiger charge is -2.10. The maximum atomic E-state index is 12.5. The lowest BCUT2D eigenvalue weighted by atomic mass is 10.0. The quantitative estimate of drug-likeness (QED) is 0.901. The molecule has 0 aliphatic heterocycles. The predicted molar refractivity (Wildman–Crippen MR) is 70.3 cm³/mol. The molecule has 0 saturated carbocycles. The Kier molecular flexibility index (Phi) is 4.01. The lowest BCUT2D eigenvalue weighted by Crippen LogP contribution is -2.05. The molecule has 0 amide bonds. The molecule has 2 rings (SSSR count). The van der Waals surface area contributed by atoms with E-state index in [-0.39, 0.29) is 17.3 Å². The molecule has 0 fully saturated rings. The normalized spacial score (nSPS) is 11.7. The van der Waals surface area contributed by atoms with E-state index >= 15 is 0 Å². The van der Waals surface area contributed by atoms with Gasteiger partial charge in [0.25, 0.3) is 0 Å². The van der Waals surface area contributed by atoms with Crippen molar-refractivity contribution in [3.8, 4) is 11.3 Å². The number of aromatic nitrogens is 1. The van der Waals surface area contributed by atoms with E-state index in [0.717, 1.165) is 23.4 Å².